The predicted molar refractivity (Wildman–Crippen MR) is 71.4 cm³/mol. The second-order valence-corrected chi connectivity index (χ2v) is 5.90. The second kappa shape index (κ2) is 7.05. The maximum atomic E-state index is 11.2. The third-order valence-electron chi connectivity index (χ3n) is 2.47. The average molecular weight is 260 g/mol. The van der Waals surface area contributed by atoms with Crippen molar-refractivity contribution < 1.29 is 4.21 Å². The summed E-state index contributed by atoms with van der Waals surface area (Å²) in [4.78, 5) is 0. The van der Waals surface area contributed by atoms with Gasteiger partial charge in [-0.05, 0) is 18.6 Å². The molecule has 0 bridgehead atoms. The van der Waals surface area contributed by atoms with Gasteiger partial charge in [-0.1, -0.05) is 36.7 Å². The molecule has 0 saturated heterocycles. The summed E-state index contributed by atoms with van der Waals surface area (Å²) < 4.78 is 11.2. The SMILES string of the molecule is CCS(=O)CCNC(C)c1ccccc1Cl. The van der Waals surface area contributed by atoms with E-state index in [1.54, 1.807) is 0 Å². The van der Waals surface area contributed by atoms with Crippen LogP contribution in [-0.2, 0) is 10.8 Å². The van der Waals surface area contributed by atoms with E-state index in [9.17, 15) is 4.21 Å². The van der Waals surface area contributed by atoms with Crippen molar-refractivity contribution in [2.24, 2.45) is 0 Å². The number of hydrogen-bond donors (Lipinski definition) is 1. The van der Waals surface area contributed by atoms with Crippen LogP contribution in [0.3, 0.4) is 0 Å². The maximum absolute atomic E-state index is 11.2. The lowest BCUT2D eigenvalue weighted by Gasteiger charge is -2.15. The molecule has 2 unspecified atom stereocenters. The quantitative estimate of drug-likeness (QED) is 0.851. The minimum absolute atomic E-state index is 0.197. The Morgan fingerprint density at radius 2 is 2.12 bits per heavy atom. The zero-order chi connectivity index (χ0) is 12.0. The van der Waals surface area contributed by atoms with E-state index in [-0.39, 0.29) is 6.04 Å². The van der Waals surface area contributed by atoms with Crippen molar-refractivity contribution in [2.45, 2.75) is 19.9 Å². The fourth-order valence-corrected chi connectivity index (χ4v) is 2.40. The maximum Gasteiger partial charge on any atom is 0.0453 e. The lowest BCUT2D eigenvalue weighted by Crippen LogP contribution is -2.24. The van der Waals surface area contributed by atoms with Crippen molar-refractivity contribution in [3.63, 3.8) is 0 Å². The molecule has 0 radical (unpaired) electrons. The smallest absolute Gasteiger partial charge is 0.0453 e. The summed E-state index contributed by atoms with van der Waals surface area (Å²) in [6.45, 7) is 4.76. The Balaban J connectivity index is 2.44. The van der Waals surface area contributed by atoms with Crippen LogP contribution in [-0.4, -0.2) is 22.3 Å². The van der Waals surface area contributed by atoms with Crippen molar-refractivity contribution in [1.82, 2.24) is 5.32 Å². The van der Waals surface area contributed by atoms with Crippen LogP contribution in [0.5, 0.6) is 0 Å². The molecule has 90 valence electrons. The highest BCUT2D eigenvalue weighted by Gasteiger charge is 2.08. The zero-order valence-electron chi connectivity index (χ0n) is 9.70. The Labute approximate surface area is 105 Å². The van der Waals surface area contributed by atoms with Crippen molar-refractivity contribution in [1.29, 1.82) is 0 Å². The van der Waals surface area contributed by atoms with Gasteiger partial charge in [0.2, 0.25) is 0 Å². The summed E-state index contributed by atoms with van der Waals surface area (Å²) in [5.74, 6) is 1.42. The van der Waals surface area contributed by atoms with Gasteiger partial charge in [0, 0.05) is 39.9 Å². The Hall–Kier alpha value is -0.380. The average Bonchev–Trinajstić information content (AvgIpc) is 2.29. The molecule has 0 spiro atoms. The summed E-state index contributed by atoms with van der Waals surface area (Å²) in [7, 11) is -0.701. The highest BCUT2D eigenvalue weighted by atomic mass is 35.5. The van der Waals surface area contributed by atoms with Crippen LogP contribution >= 0.6 is 11.6 Å². The summed E-state index contributed by atoms with van der Waals surface area (Å²) in [5.41, 5.74) is 1.09. The molecule has 0 aliphatic carbocycles. The number of hydrogen-bond acceptors (Lipinski definition) is 2. The van der Waals surface area contributed by atoms with Crippen LogP contribution < -0.4 is 5.32 Å². The number of nitrogens with one attached hydrogen (secondary N) is 1. The summed E-state index contributed by atoms with van der Waals surface area (Å²) >= 11 is 6.09. The molecule has 0 saturated carbocycles. The molecular formula is C12H18ClNOS. The predicted octanol–water partition coefficient (Wildman–Crippen LogP) is 2.76. The molecule has 0 heterocycles. The summed E-state index contributed by atoms with van der Waals surface area (Å²) in [6, 6.07) is 7.99. The van der Waals surface area contributed by atoms with Crippen LogP contribution in [0.2, 0.25) is 5.02 Å². The molecule has 0 aliphatic rings. The van der Waals surface area contributed by atoms with Crippen LogP contribution in [0.4, 0.5) is 0 Å². The van der Waals surface area contributed by atoms with Crippen LogP contribution in [0.25, 0.3) is 0 Å². The van der Waals surface area contributed by atoms with Gasteiger partial charge in [0.15, 0.2) is 0 Å². The van der Waals surface area contributed by atoms with E-state index < -0.39 is 10.8 Å². The molecule has 2 nitrogen and oxygen atoms in total. The van der Waals surface area contributed by atoms with Gasteiger partial charge in [0.1, 0.15) is 0 Å². The molecule has 4 heteroatoms. The Morgan fingerprint density at radius 1 is 1.44 bits per heavy atom. The van der Waals surface area contributed by atoms with Crippen molar-refractivity contribution in [3.05, 3.63) is 34.9 Å². The van der Waals surface area contributed by atoms with Gasteiger partial charge < -0.3 is 5.32 Å². The molecule has 1 aromatic carbocycles. The number of rotatable bonds is 6. The molecule has 0 amide bonds. The topological polar surface area (TPSA) is 29.1 Å². The largest absolute Gasteiger partial charge is 0.309 e. The van der Waals surface area contributed by atoms with E-state index in [1.807, 2.05) is 31.2 Å². The third kappa shape index (κ3) is 4.24. The van der Waals surface area contributed by atoms with Gasteiger partial charge in [0.25, 0.3) is 0 Å². The zero-order valence-corrected chi connectivity index (χ0v) is 11.3. The molecule has 16 heavy (non-hydrogen) atoms. The molecule has 0 aliphatic heterocycles. The van der Waals surface area contributed by atoms with E-state index in [1.165, 1.54) is 0 Å². The molecule has 1 N–H and O–H groups in total. The van der Waals surface area contributed by atoms with Gasteiger partial charge in [-0.25, -0.2) is 0 Å². The first-order chi connectivity index (χ1) is 7.65. The lowest BCUT2D eigenvalue weighted by atomic mass is 10.1. The highest BCUT2D eigenvalue weighted by Crippen LogP contribution is 2.21. The molecule has 2 atom stereocenters. The van der Waals surface area contributed by atoms with Gasteiger partial charge in [0.05, 0.1) is 0 Å². The van der Waals surface area contributed by atoms with E-state index in [0.29, 0.717) is 5.75 Å². The van der Waals surface area contributed by atoms with Gasteiger partial charge in [-0.15, -0.1) is 0 Å². The fourth-order valence-electron chi connectivity index (χ4n) is 1.47. The normalized spacial score (nSPS) is 14.7. The van der Waals surface area contributed by atoms with Gasteiger partial charge in [-0.3, -0.25) is 4.21 Å². The van der Waals surface area contributed by atoms with Crippen molar-refractivity contribution in [3.8, 4) is 0 Å². The van der Waals surface area contributed by atoms with Crippen molar-refractivity contribution in [2.75, 3.05) is 18.1 Å². The molecular weight excluding hydrogens is 242 g/mol. The second-order valence-electron chi connectivity index (χ2n) is 3.63. The van der Waals surface area contributed by atoms with E-state index in [4.69, 9.17) is 11.6 Å². The highest BCUT2D eigenvalue weighted by molar-refractivity contribution is 7.84. The number of halogens is 1. The van der Waals surface area contributed by atoms with Gasteiger partial charge >= 0.3 is 0 Å². The van der Waals surface area contributed by atoms with Gasteiger partial charge in [-0.2, -0.15) is 0 Å². The summed E-state index contributed by atoms with van der Waals surface area (Å²) in [5, 5.41) is 4.10. The monoisotopic (exact) mass is 259 g/mol. The van der Waals surface area contributed by atoms with Crippen LogP contribution in [0.1, 0.15) is 25.5 Å². The first kappa shape index (κ1) is 13.7. The van der Waals surface area contributed by atoms with Crippen LogP contribution in [0, 0.1) is 0 Å². The van der Waals surface area contributed by atoms with E-state index in [2.05, 4.69) is 12.2 Å². The third-order valence-corrected chi connectivity index (χ3v) is 4.12. The minimum Gasteiger partial charge on any atom is -0.309 e. The first-order valence-electron chi connectivity index (χ1n) is 5.48. The molecule has 0 fully saturated rings. The molecule has 1 rings (SSSR count). The standard InChI is InChI=1S/C12H18ClNOS/c1-3-16(15)9-8-14-10(2)11-6-4-5-7-12(11)13/h4-7,10,14H,3,8-9H2,1-2H3. The van der Waals surface area contributed by atoms with Crippen LogP contribution in [0.15, 0.2) is 24.3 Å². The van der Waals surface area contributed by atoms with Crippen molar-refractivity contribution >= 4 is 22.4 Å². The summed E-state index contributed by atoms with van der Waals surface area (Å²) in [6.07, 6.45) is 0. The first-order valence-corrected chi connectivity index (χ1v) is 7.34. The Morgan fingerprint density at radius 3 is 2.75 bits per heavy atom. The molecule has 1 aromatic rings. The van der Waals surface area contributed by atoms with E-state index >= 15 is 0 Å². The minimum atomic E-state index is -0.701. The molecule has 0 aromatic heterocycles. The van der Waals surface area contributed by atoms with E-state index in [0.717, 1.165) is 22.9 Å². The Bertz CT molecular complexity index is 357. The number of benzene rings is 1. The lowest BCUT2D eigenvalue weighted by molar-refractivity contribution is 0.597. The Kier molecular flexibility index (Phi) is 6.03. The fraction of sp³-hybridized carbons (Fsp3) is 0.500.